The van der Waals surface area contributed by atoms with Crippen molar-refractivity contribution < 1.29 is 4.79 Å². The quantitative estimate of drug-likeness (QED) is 0.766. The third-order valence-corrected chi connectivity index (χ3v) is 5.13. The van der Waals surface area contributed by atoms with Gasteiger partial charge >= 0.3 is 0 Å². The van der Waals surface area contributed by atoms with Crippen molar-refractivity contribution in [2.45, 2.75) is 23.7 Å². The van der Waals surface area contributed by atoms with E-state index in [1.165, 1.54) is 10.5 Å². The van der Waals surface area contributed by atoms with Gasteiger partial charge in [0.15, 0.2) is 0 Å². The SMILES string of the molecule is O=C1CC[C@H](c2ccccc2)[C@H]1CSc1ccccc1. The first kappa shape index (κ1) is 13.4. The number of carbonyl (C=O) groups excluding carboxylic acids is 1. The summed E-state index contributed by atoms with van der Waals surface area (Å²) in [6.45, 7) is 0. The van der Waals surface area contributed by atoms with E-state index >= 15 is 0 Å². The van der Waals surface area contributed by atoms with Crippen LogP contribution in [0, 0.1) is 5.92 Å². The van der Waals surface area contributed by atoms with E-state index < -0.39 is 0 Å². The van der Waals surface area contributed by atoms with E-state index in [-0.39, 0.29) is 5.92 Å². The molecule has 1 nitrogen and oxygen atoms in total. The molecule has 2 heteroatoms. The largest absolute Gasteiger partial charge is 0.299 e. The minimum Gasteiger partial charge on any atom is -0.299 e. The molecule has 0 spiro atoms. The van der Waals surface area contributed by atoms with E-state index in [1.807, 2.05) is 24.3 Å². The van der Waals surface area contributed by atoms with Gasteiger partial charge in [0, 0.05) is 23.0 Å². The number of Topliss-reactive ketones (excluding diaryl/α,β-unsaturated/α-hetero) is 1. The fraction of sp³-hybridized carbons (Fsp3) is 0.278. The predicted octanol–water partition coefficient (Wildman–Crippen LogP) is 4.54. The van der Waals surface area contributed by atoms with Gasteiger partial charge in [-0.1, -0.05) is 48.5 Å². The molecule has 0 heterocycles. The zero-order chi connectivity index (χ0) is 13.8. The van der Waals surface area contributed by atoms with Crippen molar-refractivity contribution in [2.24, 2.45) is 5.92 Å². The molecule has 0 radical (unpaired) electrons. The Bertz CT molecular complexity index is 564. The van der Waals surface area contributed by atoms with Crippen LogP contribution in [0.3, 0.4) is 0 Å². The van der Waals surface area contributed by atoms with Crippen LogP contribution >= 0.6 is 11.8 Å². The lowest BCUT2D eigenvalue weighted by atomic mass is 9.90. The summed E-state index contributed by atoms with van der Waals surface area (Å²) >= 11 is 1.80. The average Bonchev–Trinajstić information content (AvgIpc) is 2.88. The van der Waals surface area contributed by atoms with Crippen LogP contribution in [0.15, 0.2) is 65.6 Å². The molecule has 1 aliphatic rings. The van der Waals surface area contributed by atoms with Crippen molar-refractivity contribution in [1.29, 1.82) is 0 Å². The van der Waals surface area contributed by atoms with Gasteiger partial charge in [0.25, 0.3) is 0 Å². The number of ketones is 1. The van der Waals surface area contributed by atoms with Crippen LogP contribution in [0.1, 0.15) is 24.3 Å². The molecule has 0 unspecified atom stereocenters. The highest BCUT2D eigenvalue weighted by Crippen LogP contribution is 2.40. The van der Waals surface area contributed by atoms with Gasteiger partial charge in [0.1, 0.15) is 5.78 Å². The molecule has 2 atom stereocenters. The topological polar surface area (TPSA) is 17.1 Å². The van der Waals surface area contributed by atoms with Gasteiger partial charge in [0.05, 0.1) is 0 Å². The first-order chi connectivity index (χ1) is 9.84. The lowest BCUT2D eigenvalue weighted by Gasteiger charge is -2.18. The number of rotatable bonds is 4. The number of carbonyl (C=O) groups is 1. The lowest BCUT2D eigenvalue weighted by molar-refractivity contribution is -0.120. The summed E-state index contributed by atoms with van der Waals surface area (Å²) in [4.78, 5) is 13.4. The normalized spacial score (nSPS) is 22.1. The summed E-state index contributed by atoms with van der Waals surface area (Å²) in [6, 6.07) is 20.8. The second-order valence-electron chi connectivity index (χ2n) is 5.25. The van der Waals surface area contributed by atoms with E-state index in [0.717, 1.165) is 18.6 Å². The Hall–Kier alpha value is -1.54. The monoisotopic (exact) mass is 282 g/mol. The van der Waals surface area contributed by atoms with Gasteiger partial charge in [-0.2, -0.15) is 0 Å². The van der Waals surface area contributed by atoms with E-state index in [4.69, 9.17) is 0 Å². The molecular weight excluding hydrogens is 264 g/mol. The van der Waals surface area contributed by atoms with E-state index in [1.54, 1.807) is 11.8 Å². The smallest absolute Gasteiger partial charge is 0.137 e. The Labute approximate surface area is 124 Å². The molecule has 102 valence electrons. The minimum absolute atomic E-state index is 0.169. The minimum atomic E-state index is 0.169. The molecule has 2 aromatic rings. The molecule has 1 aliphatic carbocycles. The average molecular weight is 282 g/mol. The van der Waals surface area contributed by atoms with Crippen LogP contribution in [0.4, 0.5) is 0 Å². The Morgan fingerprint density at radius 2 is 1.60 bits per heavy atom. The van der Waals surface area contributed by atoms with Crippen molar-refractivity contribution in [3.8, 4) is 0 Å². The Balaban J connectivity index is 1.71. The van der Waals surface area contributed by atoms with Crippen molar-refractivity contribution >= 4 is 17.5 Å². The van der Waals surface area contributed by atoms with Crippen molar-refractivity contribution in [3.05, 3.63) is 66.2 Å². The molecule has 3 rings (SSSR count). The number of hydrogen-bond acceptors (Lipinski definition) is 2. The first-order valence-corrected chi connectivity index (χ1v) is 8.08. The number of thioether (sulfide) groups is 1. The second kappa shape index (κ2) is 6.27. The van der Waals surface area contributed by atoms with Crippen molar-refractivity contribution in [2.75, 3.05) is 5.75 Å². The molecule has 0 saturated heterocycles. The van der Waals surface area contributed by atoms with Crippen molar-refractivity contribution in [3.63, 3.8) is 0 Å². The van der Waals surface area contributed by atoms with E-state index in [0.29, 0.717) is 11.7 Å². The molecule has 0 bridgehead atoms. The Kier molecular flexibility index (Phi) is 4.22. The van der Waals surface area contributed by atoms with Crippen LogP contribution in [0.25, 0.3) is 0 Å². The lowest BCUT2D eigenvalue weighted by Crippen LogP contribution is -2.16. The summed E-state index contributed by atoms with van der Waals surface area (Å²) in [5.74, 6) is 1.90. The molecule has 0 aliphatic heterocycles. The Morgan fingerprint density at radius 3 is 2.30 bits per heavy atom. The first-order valence-electron chi connectivity index (χ1n) is 7.10. The van der Waals surface area contributed by atoms with Crippen LogP contribution < -0.4 is 0 Å². The van der Waals surface area contributed by atoms with Gasteiger partial charge in [-0.25, -0.2) is 0 Å². The molecule has 0 amide bonds. The van der Waals surface area contributed by atoms with E-state index in [9.17, 15) is 4.79 Å². The van der Waals surface area contributed by atoms with Gasteiger partial charge in [-0.05, 0) is 30.0 Å². The van der Waals surface area contributed by atoms with Crippen LogP contribution in [-0.2, 0) is 4.79 Å². The summed E-state index contributed by atoms with van der Waals surface area (Å²) in [5, 5.41) is 0. The highest BCUT2D eigenvalue weighted by molar-refractivity contribution is 7.99. The maximum atomic E-state index is 12.2. The zero-order valence-corrected chi connectivity index (χ0v) is 12.2. The summed E-state index contributed by atoms with van der Waals surface area (Å²) in [7, 11) is 0. The number of hydrogen-bond donors (Lipinski definition) is 0. The highest BCUT2D eigenvalue weighted by atomic mass is 32.2. The molecule has 0 N–H and O–H groups in total. The van der Waals surface area contributed by atoms with Gasteiger partial charge in [-0.15, -0.1) is 11.8 Å². The molecule has 0 aromatic heterocycles. The Morgan fingerprint density at radius 1 is 0.950 bits per heavy atom. The zero-order valence-electron chi connectivity index (χ0n) is 11.4. The molecule has 1 saturated carbocycles. The van der Waals surface area contributed by atoms with Gasteiger partial charge in [0.2, 0.25) is 0 Å². The maximum Gasteiger partial charge on any atom is 0.137 e. The fourth-order valence-corrected chi connectivity index (χ4v) is 4.06. The summed E-state index contributed by atoms with van der Waals surface area (Å²) in [6.07, 6.45) is 1.74. The molecular formula is C18H18OS. The molecule has 20 heavy (non-hydrogen) atoms. The third-order valence-electron chi connectivity index (χ3n) is 4.00. The standard InChI is InChI=1S/C18H18OS/c19-18-12-11-16(14-7-3-1-4-8-14)17(18)13-20-15-9-5-2-6-10-15/h1-10,16-17H,11-13H2/t16-,17-/m1/s1. The summed E-state index contributed by atoms with van der Waals surface area (Å²) in [5.41, 5.74) is 1.32. The van der Waals surface area contributed by atoms with Crippen LogP contribution in [0.5, 0.6) is 0 Å². The summed E-state index contributed by atoms with van der Waals surface area (Å²) < 4.78 is 0. The van der Waals surface area contributed by atoms with E-state index in [2.05, 4.69) is 36.4 Å². The van der Waals surface area contributed by atoms with Crippen LogP contribution in [-0.4, -0.2) is 11.5 Å². The van der Waals surface area contributed by atoms with Crippen LogP contribution in [0.2, 0.25) is 0 Å². The molecule has 1 fully saturated rings. The molecule has 2 aromatic carbocycles. The van der Waals surface area contributed by atoms with Crippen molar-refractivity contribution in [1.82, 2.24) is 0 Å². The number of benzene rings is 2. The highest BCUT2D eigenvalue weighted by Gasteiger charge is 2.35. The van der Waals surface area contributed by atoms with Gasteiger partial charge < -0.3 is 0 Å². The third kappa shape index (κ3) is 2.96. The fourth-order valence-electron chi connectivity index (χ4n) is 2.92. The second-order valence-corrected chi connectivity index (χ2v) is 6.35. The predicted molar refractivity (Wildman–Crippen MR) is 84.1 cm³/mol. The van der Waals surface area contributed by atoms with Gasteiger partial charge in [-0.3, -0.25) is 4.79 Å². The maximum absolute atomic E-state index is 12.2.